The molecule has 0 unspecified atom stereocenters. The Bertz CT molecular complexity index is 1390. The number of hydrogen-bond donors (Lipinski definition) is 2. The van der Waals surface area contributed by atoms with Gasteiger partial charge in [-0.05, 0) is 51.0 Å². The van der Waals surface area contributed by atoms with Crippen LogP contribution in [-0.2, 0) is 9.84 Å². The fourth-order valence-electron chi connectivity index (χ4n) is 4.10. The number of benzene rings is 1. The predicted molar refractivity (Wildman–Crippen MR) is 156 cm³/mol. The van der Waals surface area contributed by atoms with Gasteiger partial charge in [0.2, 0.25) is 5.75 Å². The largest absolute Gasteiger partial charge is 0.490 e. The van der Waals surface area contributed by atoms with Gasteiger partial charge >= 0.3 is 0 Å². The number of sulfone groups is 1. The van der Waals surface area contributed by atoms with E-state index in [0.717, 1.165) is 45.0 Å². The van der Waals surface area contributed by atoms with E-state index in [9.17, 15) is 8.42 Å². The van der Waals surface area contributed by atoms with Crippen LogP contribution in [0.3, 0.4) is 0 Å². The van der Waals surface area contributed by atoms with Crippen LogP contribution in [0.4, 0.5) is 17.5 Å². The highest BCUT2D eigenvalue weighted by Gasteiger charge is 2.26. The Labute approximate surface area is 239 Å². The van der Waals surface area contributed by atoms with Crippen molar-refractivity contribution in [1.82, 2.24) is 30.0 Å². The van der Waals surface area contributed by atoms with Gasteiger partial charge in [0.15, 0.2) is 32.4 Å². The van der Waals surface area contributed by atoms with E-state index in [2.05, 4.69) is 44.3 Å². The molecule has 1 fully saturated rings. The van der Waals surface area contributed by atoms with Gasteiger partial charge in [-0.15, -0.1) is 0 Å². The lowest BCUT2D eigenvalue weighted by molar-refractivity contribution is 0.228. The summed E-state index contributed by atoms with van der Waals surface area (Å²) in [4.78, 5) is 17.3. The SMILES string of the molecule is CCS(=O)(=O)c1ccc(Sc2nc(Nc3cc(C)[nH]n3)c(OC)c(N3CCN(CCN(C)C)CC3)n2)c(Cl)c1. The minimum Gasteiger partial charge on any atom is -0.490 e. The number of H-pyrrole nitrogens is 1. The molecule has 2 aromatic heterocycles. The standard InChI is InChI=1S/C25H35ClN8O3S2/c1-6-39(35,36)18-7-8-20(19(26)16-18)38-25-28-23(27-21-15-17(2)30-31-21)22(37-5)24(29-25)34-13-11-33(12-14-34)10-9-32(3)4/h7-8,15-16H,6,9-14H2,1-5H3,(H2,27,28,29,30,31). The molecule has 1 aromatic carbocycles. The monoisotopic (exact) mass is 594 g/mol. The zero-order valence-electron chi connectivity index (χ0n) is 22.9. The topological polar surface area (TPSA) is 120 Å². The van der Waals surface area contributed by atoms with Crippen LogP contribution in [0.5, 0.6) is 5.75 Å². The first-order valence-corrected chi connectivity index (χ1v) is 15.5. The lowest BCUT2D eigenvalue weighted by Crippen LogP contribution is -2.48. The van der Waals surface area contributed by atoms with Gasteiger partial charge in [-0.1, -0.05) is 18.5 Å². The molecule has 0 aliphatic carbocycles. The number of aromatic nitrogens is 4. The number of nitrogens with one attached hydrogen (secondary N) is 2. The Balaban J connectivity index is 1.66. The normalized spacial score (nSPS) is 14.7. The van der Waals surface area contributed by atoms with Crippen molar-refractivity contribution in [3.05, 3.63) is 35.0 Å². The second kappa shape index (κ2) is 12.7. The molecule has 14 heteroatoms. The number of halogens is 1. The van der Waals surface area contributed by atoms with E-state index in [4.69, 9.17) is 26.3 Å². The summed E-state index contributed by atoms with van der Waals surface area (Å²) in [6, 6.07) is 6.61. The number of piperazine rings is 1. The molecule has 1 aliphatic heterocycles. The van der Waals surface area contributed by atoms with Gasteiger partial charge in [0, 0.05) is 55.9 Å². The van der Waals surface area contributed by atoms with Crippen LogP contribution in [0.15, 0.2) is 39.2 Å². The zero-order chi connectivity index (χ0) is 28.2. The molecule has 39 heavy (non-hydrogen) atoms. The van der Waals surface area contributed by atoms with Crippen molar-refractivity contribution in [2.45, 2.75) is 28.8 Å². The lowest BCUT2D eigenvalue weighted by atomic mass is 10.3. The van der Waals surface area contributed by atoms with Crippen LogP contribution >= 0.6 is 23.4 Å². The van der Waals surface area contributed by atoms with E-state index in [1.807, 2.05) is 13.0 Å². The fraction of sp³-hybridized carbons (Fsp3) is 0.480. The molecule has 3 heterocycles. The molecule has 1 saturated heterocycles. The quantitative estimate of drug-likeness (QED) is 0.317. The first kappa shape index (κ1) is 29.4. The van der Waals surface area contributed by atoms with Crippen molar-refractivity contribution in [3.63, 3.8) is 0 Å². The highest BCUT2D eigenvalue weighted by molar-refractivity contribution is 7.99. The number of nitrogens with zero attached hydrogens (tertiary/aromatic N) is 6. The molecule has 11 nitrogen and oxygen atoms in total. The molecule has 0 saturated carbocycles. The van der Waals surface area contributed by atoms with Crippen molar-refractivity contribution in [1.29, 1.82) is 0 Å². The lowest BCUT2D eigenvalue weighted by Gasteiger charge is -2.36. The van der Waals surface area contributed by atoms with Gasteiger partial charge in [-0.25, -0.2) is 18.4 Å². The van der Waals surface area contributed by atoms with E-state index in [1.54, 1.807) is 26.2 Å². The fourth-order valence-corrected chi connectivity index (χ4v) is 6.13. The summed E-state index contributed by atoms with van der Waals surface area (Å²) in [7, 11) is 2.40. The van der Waals surface area contributed by atoms with Gasteiger partial charge < -0.3 is 19.9 Å². The summed E-state index contributed by atoms with van der Waals surface area (Å²) < 4.78 is 30.4. The van der Waals surface area contributed by atoms with Gasteiger partial charge in [-0.2, -0.15) is 5.10 Å². The summed E-state index contributed by atoms with van der Waals surface area (Å²) in [5.41, 5.74) is 0.906. The Hall–Kier alpha value is -2.58. The maximum Gasteiger partial charge on any atom is 0.204 e. The molecule has 212 valence electrons. The summed E-state index contributed by atoms with van der Waals surface area (Å²) >= 11 is 7.78. The number of methoxy groups -OCH3 is 1. The summed E-state index contributed by atoms with van der Waals surface area (Å²) in [6.45, 7) is 8.93. The molecular formula is C25H35ClN8O3S2. The first-order valence-electron chi connectivity index (χ1n) is 12.7. The van der Waals surface area contributed by atoms with Crippen molar-refractivity contribution in [2.75, 3.05) is 76.4 Å². The van der Waals surface area contributed by atoms with Gasteiger partial charge in [0.1, 0.15) is 0 Å². The van der Waals surface area contributed by atoms with E-state index in [0.29, 0.717) is 38.3 Å². The second-order valence-electron chi connectivity index (χ2n) is 9.50. The number of aryl methyl sites for hydroxylation is 1. The number of anilines is 3. The average molecular weight is 595 g/mol. The molecule has 1 aliphatic rings. The Morgan fingerprint density at radius 1 is 1.18 bits per heavy atom. The minimum atomic E-state index is -3.37. The number of hydrogen-bond acceptors (Lipinski definition) is 11. The zero-order valence-corrected chi connectivity index (χ0v) is 25.3. The van der Waals surface area contributed by atoms with Crippen LogP contribution in [0.2, 0.25) is 5.02 Å². The highest BCUT2D eigenvalue weighted by Crippen LogP contribution is 2.40. The average Bonchev–Trinajstić information content (AvgIpc) is 3.32. The summed E-state index contributed by atoms with van der Waals surface area (Å²) in [6.07, 6.45) is 0. The molecule has 3 aromatic rings. The van der Waals surface area contributed by atoms with Crippen molar-refractivity contribution in [2.24, 2.45) is 0 Å². The number of ether oxygens (including phenoxy) is 1. The smallest absolute Gasteiger partial charge is 0.204 e. The highest BCUT2D eigenvalue weighted by atomic mass is 35.5. The van der Waals surface area contributed by atoms with Crippen LogP contribution in [-0.4, -0.2) is 105 Å². The van der Waals surface area contributed by atoms with Crippen LogP contribution in [0, 0.1) is 6.92 Å². The number of rotatable bonds is 11. The Kier molecular flexibility index (Phi) is 9.60. The first-order chi connectivity index (χ1) is 18.6. The van der Waals surface area contributed by atoms with Crippen molar-refractivity contribution < 1.29 is 13.2 Å². The predicted octanol–water partition coefficient (Wildman–Crippen LogP) is 3.54. The van der Waals surface area contributed by atoms with Crippen LogP contribution in [0.1, 0.15) is 12.6 Å². The third-order valence-electron chi connectivity index (χ3n) is 6.36. The number of aromatic amines is 1. The molecule has 2 N–H and O–H groups in total. The molecule has 4 rings (SSSR count). The van der Waals surface area contributed by atoms with E-state index in [-0.39, 0.29) is 10.6 Å². The molecule has 0 amide bonds. The Morgan fingerprint density at radius 2 is 1.92 bits per heavy atom. The second-order valence-corrected chi connectivity index (χ2v) is 13.2. The van der Waals surface area contributed by atoms with Crippen LogP contribution in [0.25, 0.3) is 0 Å². The molecule has 0 bridgehead atoms. The molecule has 0 spiro atoms. The molecule has 0 radical (unpaired) electrons. The van der Waals surface area contributed by atoms with E-state index < -0.39 is 9.84 Å². The minimum absolute atomic E-state index is 0.00483. The maximum atomic E-state index is 12.3. The van der Waals surface area contributed by atoms with Crippen LogP contribution < -0.4 is 15.0 Å². The summed E-state index contributed by atoms with van der Waals surface area (Å²) in [5, 5.41) is 11.2. The summed E-state index contributed by atoms with van der Waals surface area (Å²) in [5.74, 6) is 2.29. The third kappa shape index (κ3) is 7.34. The Morgan fingerprint density at radius 3 is 2.51 bits per heavy atom. The van der Waals surface area contributed by atoms with Crippen molar-refractivity contribution >= 4 is 50.7 Å². The van der Waals surface area contributed by atoms with E-state index >= 15 is 0 Å². The van der Waals surface area contributed by atoms with Crippen molar-refractivity contribution in [3.8, 4) is 5.75 Å². The van der Waals surface area contributed by atoms with Gasteiger partial charge in [-0.3, -0.25) is 10.00 Å². The number of likely N-dealkylation sites (N-methyl/N-ethyl adjacent to an activating group) is 1. The van der Waals surface area contributed by atoms with Gasteiger partial charge in [0.05, 0.1) is 22.8 Å². The van der Waals surface area contributed by atoms with Gasteiger partial charge in [0.25, 0.3) is 0 Å². The molecule has 0 atom stereocenters. The maximum absolute atomic E-state index is 12.3. The molecular weight excluding hydrogens is 560 g/mol. The van der Waals surface area contributed by atoms with E-state index in [1.165, 1.54) is 17.8 Å². The third-order valence-corrected chi connectivity index (χ3v) is 9.46.